The second-order valence-corrected chi connectivity index (χ2v) is 3.82. The first-order valence-corrected chi connectivity index (χ1v) is 5.20. The zero-order valence-electron chi connectivity index (χ0n) is 8.24. The molecule has 1 fully saturated rings. The molecule has 2 rings (SSSR count). The van der Waals surface area contributed by atoms with Crippen molar-refractivity contribution in [3.05, 3.63) is 12.1 Å². The van der Waals surface area contributed by atoms with Crippen LogP contribution in [0.5, 0.6) is 0 Å². The van der Waals surface area contributed by atoms with Crippen molar-refractivity contribution in [1.29, 1.82) is 0 Å². The highest BCUT2D eigenvalue weighted by molar-refractivity contribution is 5.39. The van der Waals surface area contributed by atoms with Crippen LogP contribution in [0.3, 0.4) is 0 Å². The molecule has 76 valence electrons. The van der Waals surface area contributed by atoms with Gasteiger partial charge in [0, 0.05) is 6.04 Å². The Morgan fingerprint density at radius 1 is 1.14 bits per heavy atom. The summed E-state index contributed by atoms with van der Waals surface area (Å²) in [7, 11) is 0. The molecule has 1 saturated carbocycles. The van der Waals surface area contributed by atoms with Gasteiger partial charge in [-0.3, -0.25) is 0 Å². The lowest BCUT2D eigenvalue weighted by atomic mass is 9.95. The molecule has 0 amide bonds. The lowest BCUT2D eigenvalue weighted by Crippen LogP contribution is -2.22. The molecule has 1 aromatic heterocycles. The van der Waals surface area contributed by atoms with Crippen LogP contribution in [0.4, 0.5) is 11.6 Å². The largest absolute Gasteiger partial charge is 0.382 e. The Bertz CT molecular complexity index is 277. The summed E-state index contributed by atoms with van der Waals surface area (Å²) in [6.45, 7) is 0. The third-order valence-corrected chi connectivity index (χ3v) is 2.64. The van der Waals surface area contributed by atoms with Crippen molar-refractivity contribution in [3.8, 4) is 0 Å². The van der Waals surface area contributed by atoms with E-state index in [2.05, 4.69) is 15.5 Å². The fraction of sp³-hybridized carbons (Fsp3) is 0.600. The van der Waals surface area contributed by atoms with E-state index in [4.69, 9.17) is 5.73 Å². The summed E-state index contributed by atoms with van der Waals surface area (Å²) in [5, 5.41) is 11.2. The van der Waals surface area contributed by atoms with E-state index in [1.807, 2.05) is 6.07 Å². The SMILES string of the molecule is Nc1ccc(NC2CCCCC2)nn1. The van der Waals surface area contributed by atoms with Crippen molar-refractivity contribution in [3.63, 3.8) is 0 Å². The van der Waals surface area contributed by atoms with Crippen molar-refractivity contribution >= 4 is 11.6 Å². The van der Waals surface area contributed by atoms with Crippen molar-refractivity contribution in [2.45, 2.75) is 38.1 Å². The first-order valence-electron chi connectivity index (χ1n) is 5.20. The van der Waals surface area contributed by atoms with Gasteiger partial charge in [-0.2, -0.15) is 0 Å². The Kier molecular flexibility index (Phi) is 2.81. The van der Waals surface area contributed by atoms with Crippen LogP contribution in [-0.2, 0) is 0 Å². The molecule has 0 bridgehead atoms. The fourth-order valence-electron chi connectivity index (χ4n) is 1.88. The van der Waals surface area contributed by atoms with Gasteiger partial charge < -0.3 is 11.1 Å². The van der Waals surface area contributed by atoms with E-state index in [9.17, 15) is 0 Å². The number of nitrogens with two attached hydrogens (primary N) is 1. The molecule has 0 unspecified atom stereocenters. The maximum absolute atomic E-state index is 5.46. The van der Waals surface area contributed by atoms with Gasteiger partial charge in [0.1, 0.15) is 11.6 Å². The number of hydrogen-bond donors (Lipinski definition) is 2. The quantitative estimate of drug-likeness (QED) is 0.750. The molecular weight excluding hydrogens is 176 g/mol. The summed E-state index contributed by atoms with van der Waals surface area (Å²) in [5.74, 6) is 1.31. The molecule has 14 heavy (non-hydrogen) atoms. The topological polar surface area (TPSA) is 63.8 Å². The maximum Gasteiger partial charge on any atom is 0.149 e. The summed E-state index contributed by atoms with van der Waals surface area (Å²) < 4.78 is 0. The summed E-state index contributed by atoms with van der Waals surface area (Å²) in [6.07, 6.45) is 6.49. The molecule has 0 saturated heterocycles. The van der Waals surface area contributed by atoms with E-state index < -0.39 is 0 Å². The molecule has 3 N–H and O–H groups in total. The Labute approximate surface area is 83.9 Å². The molecule has 4 heteroatoms. The molecule has 0 aliphatic heterocycles. The lowest BCUT2D eigenvalue weighted by Gasteiger charge is -2.22. The Balaban J connectivity index is 1.92. The second-order valence-electron chi connectivity index (χ2n) is 3.82. The third kappa shape index (κ3) is 2.34. The van der Waals surface area contributed by atoms with E-state index in [1.165, 1.54) is 32.1 Å². The number of aromatic nitrogens is 2. The van der Waals surface area contributed by atoms with Crippen LogP contribution >= 0.6 is 0 Å². The van der Waals surface area contributed by atoms with Crippen LogP contribution in [0.15, 0.2) is 12.1 Å². The molecule has 0 atom stereocenters. The van der Waals surface area contributed by atoms with Gasteiger partial charge in [-0.1, -0.05) is 19.3 Å². The molecule has 4 nitrogen and oxygen atoms in total. The monoisotopic (exact) mass is 192 g/mol. The molecular formula is C10H16N4. The van der Waals surface area contributed by atoms with Gasteiger partial charge in [0.25, 0.3) is 0 Å². The van der Waals surface area contributed by atoms with Crippen molar-refractivity contribution in [1.82, 2.24) is 10.2 Å². The lowest BCUT2D eigenvalue weighted by molar-refractivity contribution is 0.461. The van der Waals surface area contributed by atoms with Crippen LogP contribution in [0.1, 0.15) is 32.1 Å². The second kappa shape index (κ2) is 4.26. The van der Waals surface area contributed by atoms with Crippen LogP contribution in [0.25, 0.3) is 0 Å². The predicted octanol–water partition coefficient (Wildman–Crippen LogP) is 1.80. The molecule has 1 aliphatic carbocycles. The Morgan fingerprint density at radius 3 is 2.57 bits per heavy atom. The Morgan fingerprint density at radius 2 is 1.93 bits per heavy atom. The number of anilines is 2. The van der Waals surface area contributed by atoms with E-state index >= 15 is 0 Å². The van der Waals surface area contributed by atoms with Crippen molar-refractivity contribution in [2.75, 3.05) is 11.1 Å². The van der Waals surface area contributed by atoms with Gasteiger partial charge in [-0.15, -0.1) is 10.2 Å². The molecule has 1 heterocycles. The smallest absolute Gasteiger partial charge is 0.149 e. The van der Waals surface area contributed by atoms with Crippen LogP contribution in [-0.4, -0.2) is 16.2 Å². The van der Waals surface area contributed by atoms with Gasteiger partial charge in [-0.25, -0.2) is 0 Å². The van der Waals surface area contributed by atoms with Crippen molar-refractivity contribution < 1.29 is 0 Å². The highest BCUT2D eigenvalue weighted by atomic mass is 15.2. The molecule has 0 aromatic carbocycles. The molecule has 1 aliphatic rings. The minimum absolute atomic E-state index is 0.471. The van der Waals surface area contributed by atoms with Gasteiger partial charge in [0.05, 0.1) is 0 Å². The number of nitrogens with zero attached hydrogens (tertiary/aromatic N) is 2. The van der Waals surface area contributed by atoms with Gasteiger partial charge in [0.2, 0.25) is 0 Å². The zero-order chi connectivity index (χ0) is 9.80. The number of hydrogen-bond acceptors (Lipinski definition) is 4. The van der Waals surface area contributed by atoms with Crippen LogP contribution < -0.4 is 11.1 Å². The highest BCUT2D eigenvalue weighted by Gasteiger charge is 2.13. The van der Waals surface area contributed by atoms with E-state index in [-0.39, 0.29) is 0 Å². The predicted molar refractivity (Wildman–Crippen MR) is 56.9 cm³/mol. The van der Waals surface area contributed by atoms with E-state index in [0.29, 0.717) is 11.9 Å². The van der Waals surface area contributed by atoms with Crippen LogP contribution in [0.2, 0.25) is 0 Å². The van der Waals surface area contributed by atoms with E-state index in [0.717, 1.165) is 5.82 Å². The number of nitrogen functional groups attached to an aromatic ring is 1. The number of rotatable bonds is 2. The minimum Gasteiger partial charge on any atom is -0.382 e. The van der Waals surface area contributed by atoms with Crippen LogP contribution in [0, 0.1) is 0 Å². The Hall–Kier alpha value is -1.32. The molecule has 0 radical (unpaired) electrons. The molecule has 1 aromatic rings. The minimum atomic E-state index is 0.471. The average Bonchev–Trinajstić information content (AvgIpc) is 2.23. The van der Waals surface area contributed by atoms with Gasteiger partial charge in [0.15, 0.2) is 0 Å². The highest BCUT2D eigenvalue weighted by Crippen LogP contribution is 2.20. The van der Waals surface area contributed by atoms with Gasteiger partial charge >= 0.3 is 0 Å². The normalized spacial score (nSPS) is 18.0. The van der Waals surface area contributed by atoms with Gasteiger partial charge in [-0.05, 0) is 25.0 Å². The van der Waals surface area contributed by atoms with E-state index in [1.54, 1.807) is 6.07 Å². The summed E-state index contributed by atoms with van der Waals surface area (Å²) >= 11 is 0. The average molecular weight is 192 g/mol. The molecule has 0 spiro atoms. The number of nitrogens with one attached hydrogen (secondary N) is 1. The first-order chi connectivity index (χ1) is 6.84. The fourth-order valence-corrected chi connectivity index (χ4v) is 1.88. The summed E-state index contributed by atoms with van der Waals surface area (Å²) in [6, 6.07) is 4.23. The zero-order valence-corrected chi connectivity index (χ0v) is 8.24. The third-order valence-electron chi connectivity index (χ3n) is 2.64. The van der Waals surface area contributed by atoms with Crippen molar-refractivity contribution in [2.24, 2.45) is 0 Å². The summed E-state index contributed by atoms with van der Waals surface area (Å²) in [4.78, 5) is 0. The maximum atomic E-state index is 5.46. The first kappa shape index (κ1) is 9.24. The summed E-state index contributed by atoms with van der Waals surface area (Å²) in [5.41, 5.74) is 5.46. The standard InChI is InChI=1S/C10H16N4/c11-9-6-7-10(14-13-9)12-8-4-2-1-3-5-8/h6-8H,1-5H2,(H2,11,13)(H,12,14).